The Hall–Kier alpha value is -1.22. The molecule has 0 aliphatic rings. The SMILES string of the molecule is CCC(C)(C)OCCC(C)(CC)Oc1cc(C(CC(C)C)C(C)C)ccc1O. The molecule has 3 heteroatoms. The Balaban J connectivity index is 2.98. The highest BCUT2D eigenvalue weighted by molar-refractivity contribution is 5.43. The third-order valence-electron chi connectivity index (χ3n) is 6.02. The van der Waals surface area contributed by atoms with E-state index in [1.807, 2.05) is 12.1 Å². The maximum Gasteiger partial charge on any atom is 0.162 e. The number of ether oxygens (including phenoxy) is 2. The molecule has 1 aromatic rings. The van der Waals surface area contributed by atoms with Crippen molar-refractivity contribution in [3.63, 3.8) is 0 Å². The predicted octanol–water partition coefficient (Wildman–Crippen LogP) is 7.32. The summed E-state index contributed by atoms with van der Waals surface area (Å²) in [6.45, 7) is 20.3. The van der Waals surface area contributed by atoms with Crippen molar-refractivity contribution >= 4 is 0 Å². The highest BCUT2D eigenvalue weighted by atomic mass is 16.5. The molecule has 0 spiro atoms. The fourth-order valence-corrected chi connectivity index (χ4v) is 3.35. The summed E-state index contributed by atoms with van der Waals surface area (Å²) in [7, 11) is 0. The van der Waals surface area contributed by atoms with Crippen molar-refractivity contribution in [2.45, 2.75) is 105 Å². The maximum absolute atomic E-state index is 10.4. The molecule has 1 rings (SSSR count). The Morgan fingerprint density at radius 3 is 2.14 bits per heavy atom. The number of phenols is 1. The number of phenolic OH excluding ortho intramolecular Hbond substituents is 1. The first kappa shape index (κ1) is 24.8. The van der Waals surface area contributed by atoms with Gasteiger partial charge in [-0.1, -0.05) is 47.6 Å². The van der Waals surface area contributed by atoms with Gasteiger partial charge in [-0.25, -0.2) is 0 Å². The van der Waals surface area contributed by atoms with Crippen LogP contribution in [0.25, 0.3) is 0 Å². The van der Waals surface area contributed by atoms with Crippen LogP contribution in [0.3, 0.4) is 0 Å². The summed E-state index contributed by atoms with van der Waals surface area (Å²) in [6, 6.07) is 5.88. The molecule has 1 N–H and O–H groups in total. The van der Waals surface area contributed by atoms with Gasteiger partial charge in [-0.05, 0) is 75.5 Å². The van der Waals surface area contributed by atoms with E-state index in [1.54, 1.807) is 6.07 Å². The number of benzene rings is 1. The Bertz CT molecular complexity index is 591. The second-order valence-electron chi connectivity index (χ2n) is 9.82. The van der Waals surface area contributed by atoms with Crippen molar-refractivity contribution in [3.05, 3.63) is 23.8 Å². The zero-order valence-electron chi connectivity index (χ0n) is 19.8. The molecule has 1 aromatic carbocycles. The molecule has 2 atom stereocenters. The van der Waals surface area contributed by atoms with Crippen molar-refractivity contribution in [1.29, 1.82) is 0 Å². The van der Waals surface area contributed by atoms with E-state index in [0.29, 0.717) is 30.1 Å². The Morgan fingerprint density at radius 2 is 1.64 bits per heavy atom. The van der Waals surface area contributed by atoms with Crippen LogP contribution in [0.15, 0.2) is 18.2 Å². The summed E-state index contributed by atoms with van der Waals surface area (Å²) in [6.07, 6.45) is 3.75. The predicted molar refractivity (Wildman–Crippen MR) is 119 cm³/mol. The van der Waals surface area contributed by atoms with E-state index < -0.39 is 0 Å². The fourth-order valence-electron chi connectivity index (χ4n) is 3.35. The maximum atomic E-state index is 10.4. The van der Waals surface area contributed by atoms with Crippen molar-refractivity contribution < 1.29 is 14.6 Å². The number of hydrogen-bond donors (Lipinski definition) is 1. The Labute approximate surface area is 173 Å². The van der Waals surface area contributed by atoms with Gasteiger partial charge < -0.3 is 14.6 Å². The van der Waals surface area contributed by atoms with E-state index in [-0.39, 0.29) is 17.0 Å². The minimum absolute atomic E-state index is 0.113. The highest BCUT2D eigenvalue weighted by Gasteiger charge is 2.28. The van der Waals surface area contributed by atoms with Crippen LogP contribution in [-0.4, -0.2) is 22.9 Å². The lowest BCUT2D eigenvalue weighted by molar-refractivity contribution is -0.0469. The molecule has 0 aliphatic heterocycles. The zero-order chi connectivity index (χ0) is 21.5. The van der Waals surface area contributed by atoms with Gasteiger partial charge in [0.1, 0.15) is 5.60 Å². The average molecular weight is 393 g/mol. The second kappa shape index (κ2) is 10.5. The van der Waals surface area contributed by atoms with Gasteiger partial charge in [0.2, 0.25) is 0 Å². The topological polar surface area (TPSA) is 38.7 Å². The molecule has 0 saturated heterocycles. The minimum Gasteiger partial charge on any atom is -0.504 e. The number of aromatic hydroxyl groups is 1. The Morgan fingerprint density at radius 1 is 1.00 bits per heavy atom. The van der Waals surface area contributed by atoms with Crippen molar-refractivity contribution in [2.75, 3.05) is 6.61 Å². The van der Waals surface area contributed by atoms with Crippen molar-refractivity contribution in [2.24, 2.45) is 11.8 Å². The van der Waals surface area contributed by atoms with Crippen LogP contribution in [0.5, 0.6) is 11.5 Å². The summed E-state index contributed by atoms with van der Waals surface area (Å²) in [5.41, 5.74) is 0.766. The van der Waals surface area contributed by atoms with E-state index in [4.69, 9.17) is 9.47 Å². The molecule has 3 nitrogen and oxygen atoms in total. The molecule has 0 amide bonds. The highest BCUT2D eigenvalue weighted by Crippen LogP contribution is 2.38. The molecule has 0 radical (unpaired) electrons. The average Bonchev–Trinajstić information content (AvgIpc) is 2.61. The smallest absolute Gasteiger partial charge is 0.162 e. The van der Waals surface area contributed by atoms with E-state index in [9.17, 15) is 5.11 Å². The van der Waals surface area contributed by atoms with Crippen LogP contribution in [0.2, 0.25) is 0 Å². The van der Waals surface area contributed by atoms with Crippen LogP contribution in [0.4, 0.5) is 0 Å². The standard InChI is InChI=1S/C25H44O3/c1-10-24(7,8)27-15-14-25(9,11-2)28-23-17-20(12-13-22(23)26)21(19(5)6)16-18(3)4/h12-13,17-19,21,26H,10-11,14-16H2,1-9H3. The van der Waals surface area contributed by atoms with Gasteiger partial charge in [0.05, 0.1) is 12.2 Å². The van der Waals surface area contributed by atoms with Gasteiger partial charge in [-0.15, -0.1) is 0 Å². The van der Waals surface area contributed by atoms with Crippen LogP contribution < -0.4 is 4.74 Å². The van der Waals surface area contributed by atoms with E-state index in [0.717, 1.165) is 25.7 Å². The fraction of sp³-hybridized carbons (Fsp3) is 0.760. The van der Waals surface area contributed by atoms with Crippen LogP contribution >= 0.6 is 0 Å². The molecule has 0 saturated carbocycles. The van der Waals surface area contributed by atoms with Gasteiger partial charge in [0.15, 0.2) is 11.5 Å². The lowest BCUT2D eigenvalue weighted by atomic mass is 9.82. The first-order chi connectivity index (χ1) is 12.9. The molecule has 0 fully saturated rings. The van der Waals surface area contributed by atoms with Crippen LogP contribution in [0, 0.1) is 11.8 Å². The zero-order valence-corrected chi connectivity index (χ0v) is 19.8. The number of rotatable bonds is 12. The van der Waals surface area contributed by atoms with Crippen molar-refractivity contribution in [1.82, 2.24) is 0 Å². The van der Waals surface area contributed by atoms with Gasteiger partial charge in [0, 0.05) is 6.42 Å². The molecule has 0 aromatic heterocycles. The van der Waals surface area contributed by atoms with E-state index in [1.165, 1.54) is 5.56 Å². The largest absolute Gasteiger partial charge is 0.504 e. The summed E-state index contributed by atoms with van der Waals surface area (Å²) in [5, 5.41) is 10.4. The van der Waals surface area contributed by atoms with Gasteiger partial charge in [-0.2, -0.15) is 0 Å². The first-order valence-corrected chi connectivity index (χ1v) is 11.1. The molecule has 28 heavy (non-hydrogen) atoms. The third-order valence-corrected chi connectivity index (χ3v) is 6.02. The quantitative estimate of drug-likeness (QED) is 0.405. The van der Waals surface area contributed by atoms with E-state index >= 15 is 0 Å². The number of hydrogen-bond acceptors (Lipinski definition) is 3. The molecular weight excluding hydrogens is 348 g/mol. The van der Waals surface area contributed by atoms with Crippen molar-refractivity contribution in [3.8, 4) is 11.5 Å². The minimum atomic E-state index is -0.370. The van der Waals surface area contributed by atoms with Gasteiger partial charge in [-0.3, -0.25) is 0 Å². The molecule has 0 bridgehead atoms. The monoisotopic (exact) mass is 392 g/mol. The van der Waals surface area contributed by atoms with Gasteiger partial charge in [0.25, 0.3) is 0 Å². The van der Waals surface area contributed by atoms with Crippen LogP contribution in [-0.2, 0) is 4.74 Å². The van der Waals surface area contributed by atoms with E-state index in [2.05, 4.69) is 62.3 Å². The molecule has 162 valence electrons. The summed E-state index contributed by atoms with van der Waals surface area (Å²) in [4.78, 5) is 0. The third kappa shape index (κ3) is 7.66. The normalized spacial score (nSPS) is 15.7. The first-order valence-electron chi connectivity index (χ1n) is 11.1. The molecule has 2 unspecified atom stereocenters. The van der Waals surface area contributed by atoms with Crippen LogP contribution in [0.1, 0.15) is 99.5 Å². The lowest BCUT2D eigenvalue weighted by Crippen LogP contribution is -2.35. The Kier molecular flexibility index (Phi) is 9.33. The molecule has 0 aliphatic carbocycles. The second-order valence-corrected chi connectivity index (χ2v) is 9.82. The summed E-state index contributed by atoms with van der Waals surface area (Å²) < 4.78 is 12.4. The summed E-state index contributed by atoms with van der Waals surface area (Å²) >= 11 is 0. The van der Waals surface area contributed by atoms with Gasteiger partial charge >= 0.3 is 0 Å². The summed E-state index contributed by atoms with van der Waals surface area (Å²) in [5.74, 6) is 2.44. The lowest BCUT2D eigenvalue weighted by Gasteiger charge is -2.32. The molecule has 0 heterocycles. The molecular formula is C25H44O3.